The molecule has 26 heavy (non-hydrogen) atoms. The monoisotopic (exact) mass is 410 g/mol. The van der Waals surface area contributed by atoms with Gasteiger partial charge in [0.1, 0.15) is 0 Å². The Bertz CT molecular complexity index is 899. The SMILES string of the molecule is Cc1ccc(N2C[C@@H](C(=O)Nc3cc(Cl)c(Cl)cc3Cl)CC2=O)cc1C. The largest absolute Gasteiger partial charge is 0.324 e. The van der Waals surface area contributed by atoms with Crippen LogP contribution >= 0.6 is 34.8 Å². The molecule has 2 amide bonds. The van der Waals surface area contributed by atoms with E-state index in [1.807, 2.05) is 32.0 Å². The number of halogens is 3. The lowest BCUT2D eigenvalue weighted by Crippen LogP contribution is -2.28. The van der Waals surface area contributed by atoms with Crippen LogP contribution in [-0.4, -0.2) is 18.4 Å². The summed E-state index contributed by atoms with van der Waals surface area (Å²) < 4.78 is 0. The number of anilines is 2. The predicted molar refractivity (Wildman–Crippen MR) is 106 cm³/mol. The molecule has 1 heterocycles. The van der Waals surface area contributed by atoms with Crippen molar-refractivity contribution in [2.45, 2.75) is 20.3 Å². The first kappa shape index (κ1) is 19.0. The van der Waals surface area contributed by atoms with Gasteiger partial charge < -0.3 is 10.2 Å². The number of carbonyl (C=O) groups excluding carboxylic acids is 2. The molecule has 2 aromatic rings. The van der Waals surface area contributed by atoms with E-state index in [4.69, 9.17) is 34.8 Å². The van der Waals surface area contributed by atoms with E-state index >= 15 is 0 Å². The van der Waals surface area contributed by atoms with Crippen LogP contribution in [0, 0.1) is 19.8 Å². The molecule has 136 valence electrons. The summed E-state index contributed by atoms with van der Waals surface area (Å²) in [4.78, 5) is 26.6. The van der Waals surface area contributed by atoms with Gasteiger partial charge >= 0.3 is 0 Å². The van der Waals surface area contributed by atoms with E-state index in [9.17, 15) is 9.59 Å². The van der Waals surface area contributed by atoms with Crippen molar-refractivity contribution in [3.63, 3.8) is 0 Å². The van der Waals surface area contributed by atoms with Gasteiger partial charge in [0.25, 0.3) is 0 Å². The van der Waals surface area contributed by atoms with Gasteiger partial charge in [-0.15, -0.1) is 0 Å². The maximum absolute atomic E-state index is 12.6. The Labute approximate surface area is 167 Å². The third-order valence-corrected chi connectivity index (χ3v) is 5.60. The molecule has 0 unspecified atom stereocenters. The quantitative estimate of drug-likeness (QED) is 0.701. The maximum Gasteiger partial charge on any atom is 0.229 e. The average Bonchev–Trinajstić information content (AvgIpc) is 2.97. The standard InChI is InChI=1S/C19H17Cl3N2O2/c1-10-3-4-13(5-11(10)2)24-9-12(6-18(24)25)19(26)23-17-8-15(21)14(20)7-16(17)22/h3-5,7-8,12H,6,9H2,1-2H3,(H,23,26)/t12-/m0/s1. The van der Waals surface area contributed by atoms with Crippen LogP contribution in [0.25, 0.3) is 0 Å². The van der Waals surface area contributed by atoms with Crippen molar-refractivity contribution in [1.82, 2.24) is 0 Å². The van der Waals surface area contributed by atoms with Crippen molar-refractivity contribution < 1.29 is 9.59 Å². The topological polar surface area (TPSA) is 49.4 Å². The molecule has 3 rings (SSSR count). The second-order valence-electron chi connectivity index (χ2n) is 6.41. The molecule has 0 saturated carbocycles. The number of nitrogens with zero attached hydrogens (tertiary/aromatic N) is 1. The van der Waals surface area contributed by atoms with Crippen LogP contribution in [0.5, 0.6) is 0 Å². The van der Waals surface area contributed by atoms with Gasteiger partial charge in [0.05, 0.1) is 26.7 Å². The first-order valence-electron chi connectivity index (χ1n) is 8.09. The molecule has 1 fully saturated rings. The summed E-state index contributed by atoms with van der Waals surface area (Å²) in [6.45, 7) is 4.34. The van der Waals surface area contributed by atoms with E-state index < -0.39 is 5.92 Å². The van der Waals surface area contributed by atoms with Gasteiger partial charge in [0.15, 0.2) is 0 Å². The number of hydrogen-bond donors (Lipinski definition) is 1. The number of nitrogens with one attached hydrogen (secondary N) is 1. The van der Waals surface area contributed by atoms with Crippen molar-refractivity contribution in [2.24, 2.45) is 5.92 Å². The number of rotatable bonds is 3. The zero-order valence-corrected chi connectivity index (χ0v) is 16.5. The van der Waals surface area contributed by atoms with Gasteiger partial charge in [0, 0.05) is 18.7 Å². The van der Waals surface area contributed by atoms with Gasteiger partial charge in [-0.05, 0) is 49.2 Å². The van der Waals surface area contributed by atoms with Crippen LogP contribution in [0.3, 0.4) is 0 Å². The van der Waals surface area contributed by atoms with Crippen molar-refractivity contribution in [3.05, 3.63) is 56.5 Å². The van der Waals surface area contributed by atoms with E-state index in [0.29, 0.717) is 27.3 Å². The highest BCUT2D eigenvalue weighted by Crippen LogP contribution is 2.33. The first-order valence-corrected chi connectivity index (χ1v) is 9.22. The normalized spacial score (nSPS) is 16.9. The number of benzene rings is 2. The first-order chi connectivity index (χ1) is 12.3. The summed E-state index contributed by atoms with van der Waals surface area (Å²) in [5, 5.41) is 3.64. The zero-order chi connectivity index (χ0) is 19.0. The summed E-state index contributed by atoms with van der Waals surface area (Å²) in [7, 11) is 0. The number of hydrogen-bond acceptors (Lipinski definition) is 2. The molecule has 0 radical (unpaired) electrons. The Morgan fingerprint density at radius 2 is 1.73 bits per heavy atom. The van der Waals surface area contributed by atoms with Crippen LogP contribution in [0.2, 0.25) is 15.1 Å². The van der Waals surface area contributed by atoms with E-state index in [2.05, 4.69) is 5.32 Å². The van der Waals surface area contributed by atoms with E-state index in [1.54, 1.807) is 4.90 Å². The van der Waals surface area contributed by atoms with Crippen molar-refractivity contribution >= 4 is 58.0 Å². The lowest BCUT2D eigenvalue weighted by atomic mass is 10.1. The van der Waals surface area contributed by atoms with E-state index in [1.165, 1.54) is 12.1 Å². The fraction of sp³-hybridized carbons (Fsp3) is 0.263. The smallest absolute Gasteiger partial charge is 0.229 e. The minimum atomic E-state index is -0.463. The lowest BCUT2D eigenvalue weighted by Gasteiger charge is -2.18. The van der Waals surface area contributed by atoms with Crippen molar-refractivity contribution in [1.29, 1.82) is 0 Å². The summed E-state index contributed by atoms with van der Waals surface area (Å²) in [6, 6.07) is 8.81. The molecule has 0 spiro atoms. The molecule has 0 bridgehead atoms. The molecule has 2 aromatic carbocycles. The van der Waals surface area contributed by atoms with Crippen LogP contribution in [0.15, 0.2) is 30.3 Å². The Hall–Kier alpha value is -1.75. The van der Waals surface area contributed by atoms with Gasteiger partial charge in [-0.1, -0.05) is 40.9 Å². The molecule has 1 N–H and O–H groups in total. The molecule has 1 aliphatic heterocycles. The number of amides is 2. The highest BCUT2D eigenvalue weighted by Gasteiger charge is 2.35. The molecular weight excluding hydrogens is 395 g/mol. The highest BCUT2D eigenvalue weighted by atomic mass is 35.5. The molecular formula is C19H17Cl3N2O2. The molecule has 1 atom stereocenters. The fourth-order valence-electron chi connectivity index (χ4n) is 2.88. The summed E-state index contributed by atoms with van der Waals surface area (Å²) >= 11 is 18.0. The molecule has 0 aliphatic carbocycles. The summed E-state index contributed by atoms with van der Waals surface area (Å²) in [6.07, 6.45) is 0.150. The average molecular weight is 412 g/mol. The van der Waals surface area contributed by atoms with E-state index in [-0.39, 0.29) is 18.2 Å². The van der Waals surface area contributed by atoms with Gasteiger partial charge in [-0.3, -0.25) is 9.59 Å². The van der Waals surface area contributed by atoms with Crippen LogP contribution in [-0.2, 0) is 9.59 Å². The Morgan fingerprint density at radius 3 is 2.42 bits per heavy atom. The van der Waals surface area contributed by atoms with Gasteiger partial charge in [-0.2, -0.15) is 0 Å². The number of carbonyl (C=O) groups is 2. The third-order valence-electron chi connectivity index (χ3n) is 4.57. The highest BCUT2D eigenvalue weighted by molar-refractivity contribution is 6.44. The maximum atomic E-state index is 12.6. The molecule has 0 aromatic heterocycles. The Morgan fingerprint density at radius 1 is 1.04 bits per heavy atom. The van der Waals surface area contributed by atoms with E-state index in [0.717, 1.165) is 16.8 Å². The van der Waals surface area contributed by atoms with Gasteiger partial charge in [0.2, 0.25) is 11.8 Å². The Kier molecular flexibility index (Phi) is 5.47. The Balaban J connectivity index is 1.75. The molecule has 1 saturated heterocycles. The number of aryl methyl sites for hydroxylation is 2. The third kappa shape index (κ3) is 3.83. The van der Waals surface area contributed by atoms with Crippen LogP contribution < -0.4 is 10.2 Å². The molecule has 7 heteroatoms. The molecule has 1 aliphatic rings. The summed E-state index contributed by atoms with van der Waals surface area (Å²) in [5.74, 6) is -0.812. The van der Waals surface area contributed by atoms with Crippen molar-refractivity contribution in [2.75, 3.05) is 16.8 Å². The zero-order valence-electron chi connectivity index (χ0n) is 14.3. The minimum Gasteiger partial charge on any atom is -0.324 e. The van der Waals surface area contributed by atoms with Crippen LogP contribution in [0.4, 0.5) is 11.4 Å². The van der Waals surface area contributed by atoms with Crippen molar-refractivity contribution in [3.8, 4) is 0 Å². The minimum absolute atomic E-state index is 0.0753. The second-order valence-corrected chi connectivity index (χ2v) is 7.63. The summed E-state index contributed by atoms with van der Waals surface area (Å²) in [5.41, 5.74) is 3.44. The molecule has 4 nitrogen and oxygen atoms in total. The van der Waals surface area contributed by atoms with Gasteiger partial charge in [-0.25, -0.2) is 0 Å². The van der Waals surface area contributed by atoms with Crippen LogP contribution in [0.1, 0.15) is 17.5 Å². The lowest BCUT2D eigenvalue weighted by molar-refractivity contribution is -0.122. The predicted octanol–water partition coefficient (Wildman–Crippen LogP) is 5.26. The second kappa shape index (κ2) is 7.47. The fourth-order valence-corrected chi connectivity index (χ4v) is 3.47.